The molecule has 2 aliphatic rings. The topological polar surface area (TPSA) is 99.4 Å². The van der Waals surface area contributed by atoms with Gasteiger partial charge in [0.1, 0.15) is 12.4 Å². The summed E-state index contributed by atoms with van der Waals surface area (Å²) in [6, 6.07) is 28.1. The van der Waals surface area contributed by atoms with Gasteiger partial charge in [-0.15, -0.1) is 0 Å². The molecule has 230 valence electrons. The number of thiazole rings is 1. The van der Waals surface area contributed by atoms with Gasteiger partial charge in [-0.05, 0) is 83.1 Å². The molecule has 1 aliphatic heterocycles. The monoisotopic (exact) mass is 630 g/mol. The molecule has 7 rings (SSSR count). The lowest BCUT2D eigenvalue weighted by molar-refractivity contribution is 0.0696. The van der Waals surface area contributed by atoms with Crippen LogP contribution in [-0.4, -0.2) is 29.9 Å². The fourth-order valence-electron chi connectivity index (χ4n) is 6.11. The van der Waals surface area contributed by atoms with Crippen molar-refractivity contribution in [1.82, 2.24) is 4.57 Å². The predicted octanol–water partition coefficient (Wildman–Crippen LogP) is 5.61. The molecule has 0 amide bonds. The molecule has 0 fully saturated rings. The van der Waals surface area contributed by atoms with Gasteiger partial charge in [-0.25, -0.2) is 9.79 Å². The summed E-state index contributed by atoms with van der Waals surface area (Å²) in [4.78, 5) is 31.2. The summed E-state index contributed by atoms with van der Waals surface area (Å²) >= 11 is 1.37. The van der Waals surface area contributed by atoms with Gasteiger partial charge in [-0.3, -0.25) is 9.36 Å². The van der Waals surface area contributed by atoms with Gasteiger partial charge < -0.3 is 19.3 Å². The third kappa shape index (κ3) is 5.39. The Morgan fingerprint density at radius 1 is 0.957 bits per heavy atom. The van der Waals surface area contributed by atoms with Gasteiger partial charge in [0.15, 0.2) is 16.3 Å². The smallest absolute Gasteiger partial charge is 0.335 e. The lowest BCUT2D eigenvalue weighted by Gasteiger charge is -2.30. The Morgan fingerprint density at radius 2 is 1.78 bits per heavy atom. The number of hydrogen-bond acceptors (Lipinski definition) is 7. The molecule has 1 atom stereocenters. The highest BCUT2D eigenvalue weighted by Gasteiger charge is 2.32. The van der Waals surface area contributed by atoms with Crippen molar-refractivity contribution in [3.05, 3.63) is 150 Å². The van der Waals surface area contributed by atoms with E-state index in [0.717, 1.165) is 52.1 Å². The third-order valence-electron chi connectivity index (χ3n) is 8.36. The van der Waals surface area contributed by atoms with E-state index in [1.54, 1.807) is 38.5 Å². The molecular weight excluding hydrogens is 600 g/mol. The zero-order chi connectivity index (χ0) is 31.8. The van der Waals surface area contributed by atoms with E-state index in [0.29, 0.717) is 20.8 Å². The van der Waals surface area contributed by atoms with Crippen molar-refractivity contribution < 1.29 is 24.1 Å². The normalized spacial score (nSPS) is 15.3. The van der Waals surface area contributed by atoms with E-state index in [1.165, 1.54) is 16.9 Å². The first-order chi connectivity index (χ1) is 22.4. The van der Waals surface area contributed by atoms with E-state index >= 15 is 0 Å². The number of allylic oxidation sites excluding steroid dienone is 1. The first-order valence-electron chi connectivity index (χ1n) is 14.8. The maximum absolute atomic E-state index is 14.1. The van der Waals surface area contributed by atoms with E-state index in [-0.39, 0.29) is 23.8 Å². The fourth-order valence-corrected chi connectivity index (χ4v) is 7.11. The number of fused-ring (bicyclic) bond motifs is 3. The quantitative estimate of drug-likeness (QED) is 0.239. The Balaban J connectivity index is 1.27. The average Bonchev–Trinajstić information content (AvgIpc) is 3.40. The van der Waals surface area contributed by atoms with Gasteiger partial charge >= 0.3 is 5.97 Å². The van der Waals surface area contributed by atoms with Crippen LogP contribution in [0.2, 0.25) is 0 Å². The highest BCUT2D eigenvalue weighted by atomic mass is 32.1. The minimum Gasteiger partial charge on any atom is -0.497 e. The Kier molecular flexibility index (Phi) is 7.76. The first kappa shape index (κ1) is 29.3. The molecule has 1 N–H and O–H groups in total. The van der Waals surface area contributed by atoms with Crippen molar-refractivity contribution in [2.24, 2.45) is 4.99 Å². The molecular formula is C37H30N2O6S. The maximum atomic E-state index is 14.1. The molecule has 0 bridgehead atoms. The molecule has 0 spiro atoms. The molecule has 1 aromatic heterocycles. The highest BCUT2D eigenvalue weighted by Crippen LogP contribution is 2.41. The van der Waals surface area contributed by atoms with E-state index in [4.69, 9.17) is 19.2 Å². The summed E-state index contributed by atoms with van der Waals surface area (Å²) in [5.41, 5.74) is 7.08. The Morgan fingerprint density at radius 3 is 2.57 bits per heavy atom. The minimum absolute atomic E-state index is 0.104. The minimum atomic E-state index is -0.991. The number of carboxylic acid groups (broad SMARTS) is 1. The zero-order valence-corrected chi connectivity index (χ0v) is 26.0. The molecule has 0 saturated carbocycles. The number of carbonyl (C=O) groups is 1. The highest BCUT2D eigenvalue weighted by molar-refractivity contribution is 7.07. The molecule has 5 aromatic rings. The lowest BCUT2D eigenvalue weighted by Crippen LogP contribution is -2.38. The fraction of sp³-hybridized carbons (Fsp3) is 0.162. The summed E-state index contributed by atoms with van der Waals surface area (Å²) in [7, 11) is 3.20. The lowest BCUT2D eigenvalue weighted by atomic mass is 9.83. The van der Waals surface area contributed by atoms with E-state index in [1.807, 2.05) is 59.2 Å². The van der Waals surface area contributed by atoms with Crippen LogP contribution in [0.1, 0.15) is 50.6 Å². The second kappa shape index (κ2) is 12.2. The summed E-state index contributed by atoms with van der Waals surface area (Å²) in [6.45, 7) is 0.175. The van der Waals surface area contributed by atoms with E-state index in [9.17, 15) is 14.7 Å². The third-order valence-corrected chi connectivity index (χ3v) is 9.34. The second-order valence-corrected chi connectivity index (χ2v) is 12.1. The van der Waals surface area contributed by atoms with Gasteiger partial charge in [-0.1, -0.05) is 65.9 Å². The number of rotatable bonds is 8. The molecule has 9 heteroatoms. The molecule has 1 aliphatic carbocycles. The van der Waals surface area contributed by atoms with Crippen molar-refractivity contribution in [2.45, 2.75) is 25.5 Å². The van der Waals surface area contributed by atoms with Crippen LogP contribution in [0.15, 0.2) is 106 Å². The Labute approximate surface area is 268 Å². The number of aromatic carboxylic acids is 1. The first-order valence-corrected chi connectivity index (χ1v) is 15.7. The molecule has 0 saturated heterocycles. The van der Waals surface area contributed by atoms with Gasteiger partial charge in [0.05, 0.1) is 36.1 Å². The number of nitrogens with zero attached hydrogens (tertiary/aromatic N) is 2. The average molecular weight is 631 g/mol. The second-order valence-electron chi connectivity index (χ2n) is 11.1. The number of aryl methyl sites for hydroxylation is 1. The maximum Gasteiger partial charge on any atom is 0.335 e. The van der Waals surface area contributed by atoms with Gasteiger partial charge in [0.2, 0.25) is 0 Å². The van der Waals surface area contributed by atoms with Crippen LogP contribution in [0.4, 0.5) is 0 Å². The van der Waals surface area contributed by atoms with Crippen molar-refractivity contribution in [3.63, 3.8) is 0 Å². The number of benzene rings is 4. The van der Waals surface area contributed by atoms with E-state index < -0.39 is 5.97 Å². The van der Waals surface area contributed by atoms with Crippen LogP contribution >= 0.6 is 11.3 Å². The summed E-state index contributed by atoms with van der Waals surface area (Å²) in [5.74, 6) is 0.774. The predicted molar refractivity (Wildman–Crippen MR) is 176 cm³/mol. The van der Waals surface area contributed by atoms with Crippen LogP contribution in [-0.2, 0) is 13.0 Å². The number of methoxy groups -OCH3 is 2. The number of carboxylic acids is 1. The van der Waals surface area contributed by atoms with Crippen LogP contribution in [0.5, 0.6) is 17.2 Å². The molecule has 8 nitrogen and oxygen atoms in total. The Bertz CT molecular complexity index is 2200. The molecule has 46 heavy (non-hydrogen) atoms. The zero-order valence-electron chi connectivity index (χ0n) is 25.2. The molecule has 4 aromatic carbocycles. The Hall–Kier alpha value is -5.41. The number of hydrogen-bond donors (Lipinski definition) is 1. The van der Waals surface area contributed by atoms with Crippen molar-refractivity contribution in [1.29, 1.82) is 0 Å². The van der Waals surface area contributed by atoms with Crippen molar-refractivity contribution in [2.75, 3.05) is 14.2 Å². The summed E-state index contributed by atoms with van der Waals surface area (Å²) < 4.78 is 19.4. The number of aromatic nitrogens is 1. The van der Waals surface area contributed by atoms with Crippen molar-refractivity contribution >= 4 is 29.1 Å². The molecule has 2 heterocycles. The van der Waals surface area contributed by atoms with Crippen LogP contribution in [0, 0.1) is 0 Å². The van der Waals surface area contributed by atoms with Gasteiger partial charge in [-0.2, -0.15) is 0 Å². The molecule has 0 unspecified atom stereocenters. The van der Waals surface area contributed by atoms with Crippen LogP contribution < -0.4 is 29.1 Å². The SMILES string of the molecule is COc1ccc([C@H]2C3=C(N=c4s/c(=C/c5ccc(OCc6cccc(C(=O)O)c6)c(OC)c5)c(=O)n42)c2ccccc2CC3)cc1. The van der Waals surface area contributed by atoms with Crippen LogP contribution in [0.25, 0.3) is 11.8 Å². The van der Waals surface area contributed by atoms with E-state index in [2.05, 4.69) is 18.2 Å². The summed E-state index contributed by atoms with van der Waals surface area (Å²) in [5, 5.41) is 9.29. The largest absolute Gasteiger partial charge is 0.497 e. The summed E-state index contributed by atoms with van der Waals surface area (Å²) in [6.07, 6.45) is 3.56. The van der Waals surface area contributed by atoms with Gasteiger partial charge in [0, 0.05) is 5.56 Å². The van der Waals surface area contributed by atoms with Crippen molar-refractivity contribution in [3.8, 4) is 17.2 Å². The number of ether oxygens (including phenoxy) is 3. The van der Waals surface area contributed by atoms with Gasteiger partial charge in [0.25, 0.3) is 5.56 Å². The molecule has 0 radical (unpaired) electrons. The van der Waals surface area contributed by atoms with Crippen LogP contribution in [0.3, 0.4) is 0 Å². The standard InChI is InChI=1S/C37H30N2O6S/c1-43-27-14-11-25(12-15-27)34-29-16-13-24-7-3-4-9-28(24)33(29)38-37-39(34)35(40)32(46-37)20-22-10-17-30(31(19-22)44-2)45-21-23-6-5-8-26(18-23)36(41)42/h3-12,14-15,17-20,34H,13,16,21H2,1-2H3,(H,41,42)/b32-20+/t34-/m0/s1.